The zero-order valence-electron chi connectivity index (χ0n) is 13.0. The molecule has 2 aromatic heterocycles. The summed E-state index contributed by atoms with van der Waals surface area (Å²) in [6.07, 6.45) is 0.871. The van der Waals surface area contributed by atoms with Crippen molar-refractivity contribution < 1.29 is 14.3 Å². The zero-order valence-corrected chi connectivity index (χ0v) is 13.0. The van der Waals surface area contributed by atoms with Gasteiger partial charge in [0.05, 0.1) is 12.4 Å². The smallest absolute Gasteiger partial charge is 0.327 e. The Morgan fingerprint density at radius 2 is 2.17 bits per heavy atom. The van der Waals surface area contributed by atoms with Crippen LogP contribution in [0.15, 0.2) is 15.9 Å². The quantitative estimate of drug-likeness (QED) is 0.784. The van der Waals surface area contributed by atoms with Gasteiger partial charge in [0.15, 0.2) is 17.8 Å². The Morgan fingerprint density at radius 1 is 1.43 bits per heavy atom. The SMILES string of the molecule is CC[C@H]1O[C@@H](n2cnc3c(=O)[nH]c(=O)[nH]c32)C(OC(C)=O)[C@H]1C. The molecule has 0 amide bonds. The van der Waals surface area contributed by atoms with E-state index in [1.54, 1.807) is 0 Å². The summed E-state index contributed by atoms with van der Waals surface area (Å²) in [6, 6.07) is 0. The second-order valence-electron chi connectivity index (χ2n) is 5.66. The average molecular weight is 322 g/mol. The van der Waals surface area contributed by atoms with Gasteiger partial charge in [-0.3, -0.25) is 24.1 Å². The van der Waals surface area contributed by atoms with Gasteiger partial charge in [0.2, 0.25) is 0 Å². The third kappa shape index (κ3) is 2.56. The molecule has 1 saturated heterocycles. The lowest BCUT2D eigenvalue weighted by molar-refractivity contribution is -0.153. The second-order valence-corrected chi connectivity index (χ2v) is 5.66. The summed E-state index contributed by atoms with van der Waals surface area (Å²) in [5.74, 6) is -0.442. The van der Waals surface area contributed by atoms with Gasteiger partial charge in [-0.15, -0.1) is 0 Å². The van der Waals surface area contributed by atoms with Gasteiger partial charge in [0.25, 0.3) is 5.56 Å². The predicted octanol–water partition coefficient (Wildman–Crippen LogP) is 0.288. The van der Waals surface area contributed by atoms with Crippen molar-refractivity contribution in [3.63, 3.8) is 0 Å². The predicted molar refractivity (Wildman–Crippen MR) is 79.9 cm³/mol. The van der Waals surface area contributed by atoms with Crippen molar-refractivity contribution in [3.8, 4) is 0 Å². The van der Waals surface area contributed by atoms with Gasteiger partial charge < -0.3 is 9.47 Å². The highest BCUT2D eigenvalue weighted by molar-refractivity contribution is 5.69. The normalized spacial score (nSPS) is 27.4. The molecule has 2 aromatic rings. The number of ether oxygens (including phenoxy) is 2. The minimum Gasteiger partial charge on any atom is -0.457 e. The van der Waals surface area contributed by atoms with Crippen molar-refractivity contribution in [2.24, 2.45) is 5.92 Å². The molecular formula is C14H18N4O5. The van der Waals surface area contributed by atoms with E-state index in [2.05, 4.69) is 15.0 Å². The number of aromatic amines is 2. The number of carbonyl (C=O) groups is 1. The van der Waals surface area contributed by atoms with Crippen molar-refractivity contribution in [2.75, 3.05) is 0 Å². The molecule has 0 spiro atoms. The molecule has 0 radical (unpaired) electrons. The van der Waals surface area contributed by atoms with Crippen molar-refractivity contribution in [3.05, 3.63) is 27.2 Å². The van der Waals surface area contributed by atoms with Gasteiger partial charge in [0, 0.05) is 12.8 Å². The number of aromatic nitrogens is 4. The van der Waals surface area contributed by atoms with E-state index in [1.165, 1.54) is 17.8 Å². The minimum absolute atomic E-state index is 0.0277. The molecule has 0 aromatic carbocycles. The maximum Gasteiger partial charge on any atom is 0.327 e. The van der Waals surface area contributed by atoms with Crippen LogP contribution in [0.25, 0.3) is 11.2 Å². The van der Waals surface area contributed by atoms with Crippen LogP contribution in [0.2, 0.25) is 0 Å². The number of H-pyrrole nitrogens is 2. The van der Waals surface area contributed by atoms with Crippen LogP contribution in [0.3, 0.4) is 0 Å². The first-order valence-electron chi connectivity index (χ1n) is 7.44. The van der Waals surface area contributed by atoms with E-state index in [-0.39, 0.29) is 23.2 Å². The lowest BCUT2D eigenvalue weighted by atomic mass is 9.98. The number of carbonyl (C=O) groups excluding carboxylic acids is 1. The summed E-state index contributed by atoms with van der Waals surface area (Å²) in [6.45, 7) is 5.26. The second kappa shape index (κ2) is 5.65. The van der Waals surface area contributed by atoms with Crippen LogP contribution in [-0.4, -0.2) is 37.7 Å². The van der Waals surface area contributed by atoms with E-state index < -0.39 is 29.6 Å². The van der Waals surface area contributed by atoms with E-state index in [1.807, 2.05) is 13.8 Å². The Kier molecular flexibility index (Phi) is 3.80. The highest BCUT2D eigenvalue weighted by Gasteiger charge is 2.44. The van der Waals surface area contributed by atoms with Crippen LogP contribution < -0.4 is 11.2 Å². The fraction of sp³-hybridized carbons (Fsp3) is 0.571. The standard InChI is InChI=1S/C14H18N4O5/c1-4-8-6(2)10(22-7(3)19)13(23-8)18-5-15-9-11(18)16-14(21)17-12(9)20/h5-6,8,10,13H,4H2,1-3H3,(H2,16,17,20,21)/t6-,8+,10?,13+/m0/s1. The van der Waals surface area contributed by atoms with Crippen molar-refractivity contribution in [2.45, 2.75) is 45.6 Å². The molecule has 0 saturated carbocycles. The first-order chi connectivity index (χ1) is 10.9. The van der Waals surface area contributed by atoms with Crippen LogP contribution in [0.1, 0.15) is 33.4 Å². The Hall–Kier alpha value is -2.42. The molecule has 0 aliphatic carbocycles. The molecule has 2 N–H and O–H groups in total. The molecule has 124 valence electrons. The Morgan fingerprint density at radius 3 is 2.83 bits per heavy atom. The molecule has 1 aliphatic heterocycles. The molecule has 0 bridgehead atoms. The number of imidazole rings is 1. The number of rotatable bonds is 3. The van der Waals surface area contributed by atoms with Gasteiger partial charge in [-0.2, -0.15) is 0 Å². The molecule has 9 heteroatoms. The van der Waals surface area contributed by atoms with Gasteiger partial charge in [-0.25, -0.2) is 9.78 Å². The summed E-state index contributed by atoms with van der Waals surface area (Å²) >= 11 is 0. The van der Waals surface area contributed by atoms with Crippen LogP contribution in [0.5, 0.6) is 0 Å². The van der Waals surface area contributed by atoms with E-state index in [0.717, 1.165) is 6.42 Å². The number of hydrogen-bond acceptors (Lipinski definition) is 6. The Labute approximate surface area is 130 Å². The summed E-state index contributed by atoms with van der Waals surface area (Å²) in [5.41, 5.74) is -0.872. The van der Waals surface area contributed by atoms with Crippen molar-refractivity contribution >= 4 is 17.1 Å². The third-order valence-electron chi connectivity index (χ3n) is 4.15. The first kappa shape index (κ1) is 15.5. The van der Waals surface area contributed by atoms with Gasteiger partial charge in [-0.1, -0.05) is 13.8 Å². The molecule has 3 heterocycles. The fourth-order valence-corrected chi connectivity index (χ4v) is 3.05. The van der Waals surface area contributed by atoms with Crippen molar-refractivity contribution in [1.29, 1.82) is 0 Å². The largest absolute Gasteiger partial charge is 0.457 e. The zero-order chi connectivity index (χ0) is 16.7. The van der Waals surface area contributed by atoms with Crippen LogP contribution in [0.4, 0.5) is 0 Å². The average Bonchev–Trinajstić information content (AvgIpc) is 3.01. The fourth-order valence-electron chi connectivity index (χ4n) is 3.05. The van der Waals surface area contributed by atoms with Gasteiger partial charge in [-0.05, 0) is 6.42 Å². The lowest BCUT2D eigenvalue weighted by Gasteiger charge is -2.21. The topological polar surface area (TPSA) is 119 Å². The molecule has 23 heavy (non-hydrogen) atoms. The molecule has 4 atom stereocenters. The number of esters is 1. The van der Waals surface area contributed by atoms with Crippen LogP contribution >= 0.6 is 0 Å². The van der Waals surface area contributed by atoms with E-state index >= 15 is 0 Å². The summed E-state index contributed by atoms with van der Waals surface area (Å²) < 4.78 is 12.9. The van der Waals surface area contributed by atoms with Crippen LogP contribution in [0, 0.1) is 5.92 Å². The highest BCUT2D eigenvalue weighted by Crippen LogP contribution is 2.38. The van der Waals surface area contributed by atoms with Gasteiger partial charge in [0.1, 0.15) is 5.65 Å². The highest BCUT2D eigenvalue weighted by atomic mass is 16.6. The van der Waals surface area contributed by atoms with Crippen molar-refractivity contribution in [1.82, 2.24) is 19.5 Å². The molecule has 9 nitrogen and oxygen atoms in total. The summed E-state index contributed by atoms with van der Waals surface area (Å²) in [4.78, 5) is 43.4. The van der Waals surface area contributed by atoms with E-state index in [0.29, 0.717) is 0 Å². The number of hydrogen-bond donors (Lipinski definition) is 2. The number of nitrogens with one attached hydrogen (secondary N) is 2. The monoisotopic (exact) mass is 322 g/mol. The molecular weight excluding hydrogens is 304 g/mol. The maximum absolute atomic E-state index is 11.8. The Balaban J connectivity index is 2.10. The number of fused-ring (bicyclic) bond motifs is 1. The van der Waals surface area contributed by atoms with Gasteiger partial charge >= 0.3 is 11.7 Å². The number of nitrogens with zero attached hydrogens (tertiary/aromatic N) is 2. The summed E-state index contributed by atoms with van der Waals surface area (Å²) in [7, 11) is 0. The van der Waals surface area contributed by atoms with Crippen LogP contribution in [-0.2, 0) is 14.3 Å². The Bertz CT molecular complexity index is 851. The molecule has 1 fully saturated rings. The third-order valence-corrected chi connectivity index (χ3v) is 4.15. The maximum atomic E-state index is 11.8. The van der Waals surface area contributed by atoms with E-state index in [4.69, 9.17) is 9.47 Å². The molecule has 1 unspecified atom stereocenters. The molecule has 3 rings (SSSR count). The first-order valence-corrected chi connectivity index (χ1v) is 7.44. The lowest BCUT2D eigenvalue weighted by Crippen LogP contribution is -2.30. The minimum atomic E-state index is -0.652. The summed E-state index contributed by atoms with van der Waals surface area (Å²) in [5, 5.41) is 0. The molecule has 1 aliphatic rings. The van der Waals surface area contributed by atoms with E-state index in [9.17, 15) is 14.4 Å².